The normalized spacial score (nSPS) is 31.2. The monoisotopic (exact) mass is 1700 g/mol. The number of nitrogens with zero attached hydrogens (tertiary/aromatic N) is 6. The highest BCUT2D eigenvalue weighted by Crippen LogP contribution is 2.56. The van der Waals surface area contributed by atoms with E-state index in [1.807, 2.05) is 53.9 Å². The van der Waals surface area contributed by atoms with E-state index in [9.17, 15) is 73.8 Å². The fourth-order valence-electron chi connectivity index (χ4n) is 18.4. The van der Waals surface area contributed by atoms with Crippen molar-refractivity contribution in [2.75, 3.05) is 65.8 Å². The summed E-state index contributed by atoms with van der Waals surface area (Å²) in [7, 11) is 5.45. The largest absolute Gasteiger partial charge is 0.507 e. The number of ketones is 1. The smallest absolute Gasteiger partial charge is 0.328 e. The maximum Gasteiger partial charge on any atom is 0.328 e. The molecule has 1 aromatic heterocycles. The van der Waals surface area contributed by atoms with Crippen LogP contribution in [0.4, 0.5) is 10.5 Å². The number of fused-ring (bicyclic) bond motifs is 19. The Hall–Kier alpha value is -9.28. The number of barbiturate groups is 1. The number of urea groups is 1. The number of benzene rings is 3. The van der Waals surface area contributed by atoms with Gasteiger partial charge >= 0.3 is 17.8 Å². The number of rotatable bonds is 13. The molecule has 3 aromatic carbocycles. The number of anilines is 1. The number of carbonyl (C=O) groups is 9. The number of phenols is 3. The Labute approximate surface area is 696 Å². The Morgan fingerprint density at radius 2 is 1.53 bits per heavy atom. The van der Waals surface area contributed by atoms with Gasteiger partial charge in [0, 0.05) is 123 Å². The van der Waals surface area contributed by atoms with Crippen LogP contribution in [0.1, 0.15) is 168 Å². The molecule has 5 saturated heterocycles. The van der Waals surface area contributed by atoms with Crippen LogP contribution in [-0.4, -0.2) is 240 Å². The van der Waals surface area contributed by atoms with Crippen LogP contribution < -0.4 is 26.0 Å². The third kappa shape index (κ3) is 16.3. The van der Waals surface area contributed by atoms with E-state index in [0.717, 1.165) is 60.0 Å². The van der Waals surface area contributed by atoms with Crippen molar-refractivity contribution in [1.82, 2.24) is 45.5 Å². The summed E-state index contributed by atoms with van der Waals surface area (Å²) in [6, 6.07) is 4.05. The number of hydrogen-bond donors (Lipinski definition) is 11. The molecule has 4 aromatic rings. The number of aromatic nitrogens is 1. The van der Waals surface area contributed by atoms with E-state index in [0.29, 0.717) is 45.4 Å². The first kappa shape index (κ1) is 89.5. The molecule has 10 aliphatic rings. The van der Waals surface area contributed by atoms with Gasteiger partial charge in [0.25, 0.3) is 23.5 Å². The molecule has 642 valence electrons. The number of halogens is 1. The van der Waals surface area contributed by atoms with Crippen LogP contribution in [0.3, 0.4) is 0 Å². The number of aliphatic hydroxyl groups is 3. The highest BCUT2D eigenvalue weighted by molar-refractivity contribution is 9.10. The summed E-state index contributed by atoms with van der Waals surface area (Å²) in [5, 5.41) is 87.5. The van der Waals surface area contributed by atoms with Crippen LogP contribution in [0.25, 0.3) is 27.2 Å². The molecule has 5 bridgehead atoms. The van der Waals surface area contributed by atoms with E-state index < -0.39 is 154 Å². The molecule has 10 heterocycles. The Kier molecular flexibility index (Phi) is 26.7. The second kappa shape index (κ2) is 35.2. The Morgan fingerprint density at radius 1 is 0.856 bits per heavy atom. The number of phenolic OH excluding ortho intramolecular Hbond substituents is 3. The fraction of sp³-hybridized carbons (Fsp3) is 0.581. The number of esters is 1. The number of aromatic amines is 1. The van der Waals surface area contributed by atoms with Gasteiger partial charge in [-0.1, -0.05) is 119 Å². The van der Waals surface area contributed by atoms with E-state index >= 15 is 0 Å². The zero-order valence-electron chi connectivity index (χ0n) is 70.6. The predicted molar refractivity (Wildman–Crippen MR) is 443 cm³/mol. The quantitative estimate of drug-likeness (QED) is 0.0196. The molecule has 14 rings (SSSR count). The first-order chi connectivity index (χ1) is 55.6. The van der Waals surface area contributed by atoms with Crippen molar-refractivity contribution in [3.63, 3.8) is 0 Å². The van der Waals surface area contributed by atoms with Crippen LogP contribution in [0.5, 0.6) is 23.0 Å². The average molecular weight is 1700 g/mol. The van der Waals surface area contributed by atoms with Crippen molar-refractivity contribution in [2.24, 2.45) is 57.9 Å². The minimum atomic E-state index is -2.04. The molecule has 11 N–H and O–H groups in total. The number of methoxy groups -OCH3 is 1. The van der Waals surface area contributed by atoms with Gasteiger partial charge in [0.1, 0.15) is 40.9 Å². The molecule has 1 aliphatic carbocycles. The number of aromatic hydroxyl groups is 3. The van der Waals surface area contributed by atoms with Gasteiger partial charge in [-0.15, -0.1) is 0 Å². The number of Topliss-reactive ketones (excluding diaryl/α,β-unsaturated/α-hetero) is 1. The lowest BCUT2D eigenvalue weighted by atomic mass is 9.70. The fourth-order valence-corrected chi connectivity index (χ4v) is 19.0. The van der Waals surface area contributed by atoms with Crippen LogP contribution in [0, 0.1) is 59.7 Å². The third-order valence-corrected chi connectivity index (χ3v) is 26.2. The predicted octanol–water partition coefficient (Wildman–Crippen LogP) is 8.71. The highest BCUT2D eigenvalue weighted by atomic mass is 79.9. The maximum absolute atomic E-state index is 14.4. The number of ether oxygens (including phenoxy) is 5. The third-order valence-electron chi connectivity index (χ3n) is 25.5. The lowest BCUT2D eigenvalue weighted by molar-refractivity contribution is -0.322. The topological polar surface area (TPSA) is 414 Å². The Balaban J connectivity index is 0.000000200. The van der Waals surface area contributed by atoms with Gasteiger partial charge in [0.15, 0.2) is 5.75 Å². The molecule has 9 aliphatic heterocycles. The van der Waals surface area contributed by atoms with Gasteiger partial charge in [-0.25, -0.2) is 4.79 Å². The number of amides is 8. The summed E-state index contributed by atoms with van der Waals surface area (Å²) in [4.78, 5) is 128. The van der Waals surface area contributed by atoms with Crippen LogP contribution in [0.15, 0.2) is 70.1 Å². The van der Waals surface area contributed by atoms with Crippen LogP contribution in [-0.2, 0) is 58.9 Å². The Morgan fingerprint density at radius 3 is 2.16 bits per heavy atom. The molecule has 1 unspecified atom stereocenters. The van der Waals surface area contributed by atoms with Crippen molar-refractivity contribution in [2.45, 2.75) is 209 Å². The average Bonchev–Trinajstić information content (AvgIpc) is 1.54. The number of hydrazone groups is 1. The standard InChI is InChI=1S/C43H58N4O12.C32H40BrN5O5.C11H18N2O3/c1-21-12-11-13-22(2)42(55)45-33-28(20-44-47-17-15-46(9)16-18-47)37(52)30-31(38(33)53)36(51)26(6)40-32(30)41(54)43(8,59-40)57-19-14-29(56-10)23(3)39(58-27(7)48)25(5)35(50)24(4)34(21)49;1-16(2)12-24-29(40)37-11-7-10-25(37)32(42)38(24)30(41)31(43-32,17(3)4)35-28(39)18-13-20-19-8-6-9-22-26(19)21(27(33)34-22)14-23(20)36(5)15-18;1-4-6-7(3)11(5-2)8(14)12-10(16)13-9(11)15/h11-14,19-21,23-25,29,34-35,39,49-53H,15-18H2,1-10H3,(H,45,55);6,8-9,13,16-18,23-25,34,42H,7,10-12,14-15H2,1-5H3,(H,35,39);7H,4-6H2,1-3H3,(H2,12,13,14,15,16)/b12-11+,19-14+,22-13-,44-20+;;/t21-,23+,24+,25+,29-,34-,35+,39+,43-;18-,23-,24+,25+,31-,32+;/m01./s1. The number of carbonyl (C=O) groups excluding carboxylic acids is 9. The van der Waals surface area contributed by atoms with Gasteiger partial charge < -0.3 is 75.0 Å². The molecule has 32 heteroatoms. The lowest BCUT2D eigenvalue weighted by Gasteiger charge is -2.49. The van der Waals surface area contributed by atoms with Crippen LogP contribution >= 0.6 is 15.9 Å². The zero-order valence-corrected chi connectivity index (χ0v) is 72.2. The highest BCUT2D eigenvalue weighted by Gasteiger charge is 2.72. The first-order valence-electron chi connectivity index (χ1n) is 40.9. The van der Waals surface area contributed by atoms with Crippen molar-refractivity contribution in [3.05, 3.63) is 92.8 Å². The zero-order chi connectivity index (χ0) is 86.6. The summed E-state index contributed by atoms with van der Waals surface area (Å²) >= 11 is 3.70. The minimum absolute atomic E-state index is 0.0559. The summed E-state index contributed by atoms with van der Waals surface area (Å²) in [6.45, 7) is 29.3. The number of imide groups is 2. The van der Waals surface area contributed by atoms with Crippen molar-refractivity contribution < 1.29 is 97.5 Å². The maximum atomic E-state index is 14.4. The number of piperazine rings is 2. The number of hydrogen-bond acceptors (Lipinski definition) is 24. The van der Waals surface area contributed by atoms with Gasteiger partial charge in [0.05, 0.1) is 63.5 Å². The lowest BCUT2D eigenvalue weighted by Crippen LogP contribution is -2.71. The molecule has 16 atom stereocenters. The van der Waals surface area contributed by atoms with Crippen molar-refractivity contribution >= 4 is 108 Å². The van der Waals surface area contributed by atoms with Gasteiger partial charge in [-0.05, 0) is 123 Å². The van der Waals surface area contributed by atoms with E-state index in [1.54, 1.807) is 70.5 Å². The molecule has 0 saturated carbocycles. The molecular formula is C86H116BrN11O20. The summed E-state index contributed by atoms with van der Waals surface area (Å²) in [6.07, 6.45) is 11.4. The van der Waals surface area contributed by atoms with Crippen molar-refractivity contribution in [3.8, 4) is 23.0 Å². The van der Waals surface area contributed by atoms with Gasteiger partial charge in [-0.3, -0.25) is 68.5 Å². The molecule has 0 radical (unpaired) electrons. The van der Waals surface area contributed by atoms with Gasteiger partial charge in [0.2, 0.25) is 29.4 Å². The second-order valence-electron chi connectivity index (χ2n) is 34.1. The van der Waals surface area contributed by atoms with E-state index in [4.69, 9.17) is 23.7 Å². The molecule has 0 spiro atoms. The molecular weight excluding hydrogens is 1590 g/mol. The van der Waals surface area contributed by atoms with Crippen LogP contribution in [0.2, 0.25) is 0 Å². The van der Waals surface area contributed by atoms with Gasteiger partial charge in [-0.2, -0.15) is 5.10 Å². The number of H-pyrrole nitrogens is 1. The first-order valence-corrected chi connectivity index (χ1v) is 41.7. The molecule has 5 fully saturated rings. The number of aliphatic hydroxyl groups excluding tert-OH is 2. The summed E-state index contributed by atoms with van der Waals surface area (Å²) < 4.78 is 31.0. The van der Waals surface area contributed by atoms with Crippen molar-refractivity contribution in [1.29, 1.82) is 0 Å². The number of likely N-dealkylation sites (N-methyl/N-ethyl adjacent to an activating group) is 2. The molecule has 8 amide bonds. The van der Waals surface area contributed by atoms with E-state index in [-0.39, 0.29) is 74.2 Å². The van der Waals surface area contributed by atoms with E-state index in [1.165, 1.54) is 75.3 Å². The SMILES string of the molecule is CC(C)C[C@H]1C(=O)N2CCC[C@H]2[C@]2(O)O[C@](NC(=O)[C@@H]3C=C4c5cccc6[nH]c(Br)c(c56)C[C@H]4N(C)C3)(C(C)C)C(=O)N12.CCCC(C)C1(CC)C(=O)NC(=O)NC1=O.CO[C@H]1/C=C/O[C@@]2(C)Oc3c(C)c(O)c4c(O)c(c(/C=N/N5CCN(C)CC5)c(O)c4c3C2=O)NC(=O)/C(C)=C\C=C\[C@H](C)[C@H](O)[C@@H](C)[C@@H](O)[C@@H](C)[C@H](OC(C)=O)[C@@H]1C. The molecule has 118 heavy (non-hydrogen) atoms. The molecule has 31 nitrogen and oxygen atoms in total. The summed E-state index contributed by atoms with van der Waals surface area (Å²) in [5.74, 6) is -13.4. The minimum Gasteiger partial charge on any atom is -0.507 e. The number of nitrogens with one attached hydrogen (secondary N) is 5. The Bertz CT molecular complexity index is 4760. The second-order valence-corrected chi connectivity index (χ2v) is 34.8. The summed E-state index contributed by atoms with van der Waals surface area (Å²) in [5.41, 5.74) is 1.23. The van der Waals surface area contributed by atoms with E-state index in [2.05, 4.69) is 69.2 Å². The number of allylic oxidation sites excluding steroid dienone is 2.